The molecule has 0 aliphatic carbocycles. The van der Waals surface area contributed by atoms with Crippen LogP contribution in [-0.2, 0) is 30.4 Å². The summed E-state index contributed by atoms with van der Waals surface area (Å²) in [7, 11) is 0. The summed E-state index contributed by atoms with van der Waals surface area (Å²) in [4.78, 5) is 67.9. The molecular weight excluding hydrogens is 534 g/mol. The van der Waals surface area contributed by atoms with Crippen molar-refractivity contribution >= 4 is 35.5 Å². The van der Waals surface area contributed by atoms with Crippen LogP contribution in [0.5, 0.6) is 0 Å². The smallest absolute Gasteiger partial charge is 0.243 e. The van der Waals surface area contributed by atoms with Crippen molar-refractivity contribution in [2.45, 2.75) is 50.2 Å². The van der Waals surface area contributed by atoms with E-state index in [1.807, 2.05) is 30.3 Å². The Morgan fingerprint density at radius 2 is 1.49 bits per heavy atom. The van der Waals surface area contributed by atoms with Gasteiger partial charge in [-0.15, -0.1) is 0 Å². The molecule has 0 unspecified atom stereocenters. The van der Waals surface area contributed by atoms with Crippen LogP contribution in [0.25, 0.3) is 0 Å². The van der Waals surface area contributed by atoms with E-state index in [1.54, 1.807) is 0 Å². The van der Waals surface area contributed by atoms with Crippen molar-refractivity contribution in [1.82, 2.24) is 31.9 Å². The maximum absolute atomic E-state index is 13.2. The molecule has 15 heteroatoms. The molecule has 226 valence electrons. The van der Waals surface area contributed by atoms with E-state index in [0.29, 0.717) is 13.0 Å². The van der Waals surface area contributed by atoms with Gasteiger partial charge >= 0.3 is 0 Å². The Morgan fingerprint density at radius 1 is 0.805 bits per heavy atom. The lowest BCUT2D eigenvalue weighted by Gasteiger charge is -2.23. The summed E-state index contributed by atoms with van der Waals surface area (Å²) in [6.07, 6.45) is 0.770. The number of nitrogens with two attached hydrogens (primary N) is 2. The Balaban J connectivity index is 2.17. The number of aliphatic imine (C=N–C) groups is 1. The first kappa shape index (κ1) is 33.0. The number of hydrogen-bond donors (Lipinski definition) is 9. The second-order valence-corrected chi connectivity index (χ2v) is 9.46. The molecule has 0 saturated carbocycles. The molecular formula is C26H41N9O6. The zero-order valence-electron chi connectivity index (χ0n) is 23.0. The summed E-state index contributed by atoms with van der Waals surface area (Å²) in [6, 6.07) is 6.01. The van der Waals surface area contributed by atoms with Crippen molar-refractivity contribution < 1.29 is 29.1 Å². The maximum Gasteiger partial charge on any atom is 0.243 e. The molecule has 1 aromatic carbocycles. The molecule has 0 radical (unpaired) electrons. The van der Waals surface area contributed by atoms with Crippen molar-refractivity contribution in [2.75, 3.05) is 39.3 Å². The number of aliphatic hydroxyl groups is 1. The number of nitrogens with zero attached hydrogens (tertiary/aromatic N) is 1. The lowest BCUT2D eigenvalue weighted by Crippen LogP contribution is -2.56. The highest BCUT2D eigenvalue weighted by Crippen LogP contribution is 2.05. The van der Waals surface area contributed by atoms with Crippen LogP contribution in [0.15, 0.2) is 35.3 Å². The highest BCUT2D eigenvalue weighted by atomic mass is 16.3. The Bertz CT molecular complexity index is 1050. The third-order valence-electron chi connectivity index (χ3n) is 6.14. The van der Waals surface area contributed by atoms with Gasteiger partial charge in [-0.25, -0.2) is 0 Å². The van der Waals surface area contributed by atoms with Gasteiger partial charge < -0.3 is 48.5 Å². The number of benzene rings is 1. The fourth-order valence-electron chi connectivity index (χ4n) is 4.03. The molecule has 0 aromatic heterocycles. The number of nitrogens with one attached hydrogen (secondary N) is 6. The van der Waals surface area contributed by atoms with Crippen LogP contribution >= 0.6 is 0 Å². The van der Waals surface area contributed by atoms with Gasteiger partial charge in [-0.2, -0.15) is 0 Å². The van der Waals surface area contributed by atoms with Crippen LogP contribution in [0.1, 0.15) is 31.2 Å². The topological polar surface area (TPSA) is 242 Å². The Kier molecular flexibility index (Phi) is 14.6. The minimum Gasteiger partial charge on any atom is -0.396 e. The molecule has 0 bridgehead atoms. The van der Waals surface area contributed by atoms with Gasteiger partial charge in [0.15, 0.2) is 5.96 Å². The lowest BCUT2D eigenvalue weighted by atomic mass is 10.0. The molecule has 1 aliphatic rings. The van der Waals surface area contributed by atoms with Crippen LogP contribution in [0.4, 0.5) is 0 Å². The summed E-state index contributed by atoms with van der Waals surface area (Å²) in [6.45, 7) is 0.260. The summed E-state index contributed by atoms with van der Waals surface area (Å²) in [5.74, 6) is -2.84. The second-order valence-electron chi connectivity index (χ2n) is 9.46. The van der Waals surface area contributed by atoms with Crippen molar-refractivity contribution in [2.24, 2.45) is 16.5 Å². The summed E-state index contributed by atoms with van der Waals surface area (Å²) in [5.41, 5.74) is 11.5. The van der Waals surface area contributed by atoms with Crippen LogP contribution in [0.2, 0.25) is 0 Å². The lowest BCUT2D eigenvalue weighted by molar-refractivity contribution is -0.133. The molecule has 1 fully saturated rings. The molecule has 15 nitrogen and oxygen atoms in total. The fourth-order valence-corrected chi connectivity index (χ4v) is 4.03. The quantitative estimate of drug-likeness (QED) is 0.0841. The molecule has 41 heavy (non-hydrogen) atoms. The largest absolute Gasteiger partial charge is 0.396 e. The molecule has 1 heterocycles. The van der Waals surface area contributed by atoms with E-state index >= 15 is 0 Å². The minimum absolute atomic E-state index is 0.0660. The van der Waals surface area contributed by atoms with Gasteiger partial charge in [0.25, 0.3) is 0 Å². The molecule has 1 saturated heterocycles. The van der Waals surface area contributed by atoms with E-state index in [4.69, 9.17) is 11.5 Å². The predicted octanol–water partition coefficient (Wildman–Crippen LogP) is -3.65. The standard InChI is InChI=1S/C26H41N9O6/c27-26(28)31-10-4-7-18-23(39)30-13-12-29-11-8-21(37)34-20(15-17-5-2-1-3-6-17)25(41)35-19(9-14-36)24(40)32-16-22(38)33-18/h1-3,5-6,18-20,29,36H,4,7-16H2,(H,30,39)(H,32,40)(H,33,38)(H,34,37)(H,35,41)(H4,27,28,31)/t18-,19-,20+/m0/s1. The Hall–Kier alpha value is -4.24. The third-order valence-corrected chi connectivity index (χ3v) is 6.14. The molecule has 0 spiro atoms. The first-order chi connectivity index (χ1) is 19.7. The highest BCUT2D eigenvalue weighted by Gasteiger charge is 2.28. The van der Waals surface area contributed by atoms with Crippen LogP contribution in [-0.4, -0.2) is 98.1 Å². The van der Waals surface area contributed by atoms with E-state index in [1.165, 1.54) is 0 Å². The van der Waals surface area contributed by atoms with Crippen LogP contribution in [0, 0.1) is 0 Å². The van der Waals surface area contributed by atoms with Gasteiger partial charge in [0, 0.05) is 45.6 Å². The number of amides is 5. The van der Waals surface area contributed by atoms with Crippen LogP contribution < -0.4 is 43.4 Å². The first-order valence-corrected chi connectivity index (χ1v) is 13.5. The van der Waals surface area contributed by atoms with Crippen molar-refractivity contribution in [3.63, 3.8) is 0 Å². The van der Waals surface area contributed by atoms with Crippen molar-refractivity contribution in [3.05, 3.63) is 35.9 Å². The Labute approximate surface area is 238 Å². The number of aliphatic hydroxyl groups excluding tert-OH is 1. The molecule has 2 rings (SSSR count). The van der Waals surface area contributed by atoms with Crippen molar-refractivity contribution in [1.29, 1.82) is 0 Å². The summed E-state index contributed by atoms with van der Waals surface area (Å²) in [5, 5.41) is 25.6. The van der Waals surface area contributed by atoms with Crippen molar-refractivity contribution in [3.8, 4) is 0 Å². The van der Waals surface area contributed by atoms with E-state index < -0.39 is 54.9 Å². The van der Waals surface area contributed by atoms with Gasteiger partial charge in [-0.3, -0.25) is 29.0 Å². The summed E-state index contributed by atoms with van der Waals surface area (Å²) < 4.78 is 0. The molecule has 11 N–H and O–H groups in total. The number of carbonyl (C=O) groups excluding carboxylic acids is 5. The Morgan fingerprint density at radius 3 is 2.20 bits per heavy atom. The molecule has 3 atom stereocenters. The third kappa shape index (κ3) is 13.1. The number of hydrogen-bond acceptors (Lipinski definition) is 8. The first-order valence-electron chi connectivity index (χ1n) is 13.5. The number of carbonyl (C=O) groups is 5. The zero-order chi connectivity index (χ0) is 30.0. The molecule has 1 aliphatic heterocycles. The van der Waals surface area contributed by atoms with E-state index in [-0.39, 0.29) is 57.2 Å². The van der Waals surface area contributed by atoms with Gasteiger partial charge in [0.05, 0.1) is 6.54 Å². The fraction of sp³-hybridized carbons (Fsp3) is 0.538. The predicted molar refractivity (Wildman–Crippen MR) is 151 cm³/mol. The van der Waals surface area contributed by atoms with Gasteiger partial charge in [0.2, 0.25) is 29.5 Å². The average molecular weight is 576 g/mol. The van der Waals surface area contributed by atoms with E-state index in [2.05, 4.69) is 36.9 Å². The van der Waals surface area contributed by atoms with Crippen LogP contribution in [0.3, 0.4) is 0 Å². The average Bonchev–Trinajstić information content (AvgIpc) is 2.94. The normalized spacial score (nSPS) is 22.0. The SMILES string of the molecule is NC(N)=NCCC[C@@H]1NC(=O)CNC(=O)[C@H](CCO)NC(=O)[C@@H](Cc2ccccc2)NC(=O)CCNCCNC1=O. The molecule has 1 aromatic rings. The maximum atomic E-state index is 13.2. The van der Waals surface area contributed by atoms with Gasteiger partial charge in [0.1, 0.15) is 18.1 Å². The zero-order valence-corrected chi connectivity index (χ0v) is 23.0. The second kappa shape index (κ2) is 18.2. The number of rotatable bonds is 8. The van der Waals surface area contributed by atoms with Gasteiger partial charge in [-0.1, -0.05) is 30.3 Å². The van der Waals surface area contributed by atoms with E-state index in [9.17, 15) is 29.1 Å². The highest BCUT2D eigenvalue weighted by molar-refractivity contribution is 5.94. The monoisotopic (exact) mass is 575 g/mol. The van der Waals surface area contributed by atoms with Gasteiger partial charge in [-0.05, 0) is 24.8 Å². The van der Waals surface area contributed by atoms with E-state index in [0.717, 1.165) is 5.56 Å². The summed E-state index contributed by atoms with van der Waals surface area (Å²) >= 11 is 0. The minimum atomic E-state index is -1.17. The number of guanidine groups is 1. The molecule has 5 amide bonds.